The molecule has 0 saturated carbocycles. The zero-order valence-corrected chi connectivity index (χ0v) is 13.4. The standard InChI is InChI=1S/C15H8F3N3O4S/c16-13-11-9(25-8-3-7(4-19)5-21-6-8)1-2-10(26(20,23)24)12(11)14(22)15(13,17)18/h1-3,5-6,13H,(H2,20,23,24)/t13-/m1/s1. The van der Waals surface area contributed by atoms with E-state index in [2.05, 4.69) is 4.98 Å². The van der Waals surface area contributed by atoms with Gasteiger partial charge >= 0.3 is 5.92 Å². The molecule has 1 aliphatic carbocycles. The van der Waals surface area contributed by atoms with Gasteiger partial charge in [0, 0.05) is 17.8 Å². The molecule has 0 radical (unpaired) electrons. The third-order valence-corrected chi connectivity index (χ3v) is 4.60. The fraction of sp³-hybridized carbons (Fsp3) is 0.133. The van der Waals surface area contributed by atoms with Crippen LogP contribution in [-0.2, 0) is 10.0 Å². The summed E-state index contributed by atoms with van der Waals surface area (Å²) in [6, 6.07) is 4.66. The Kier molecular flexibility index (Phi) is 3.97. The van der Waals surface area contributed by atoms with Gasteiger partial charge < -0.3 is 4.74 Å². The molecule has 11 heteroatoms. The van der Waals surface area contributed by atoms with Crippen molar-refractivity contribution in [3.63, 3.8) is 0 Å². The Labute approximate surface area is 144 Å². The minimum Gasteiger partial charge on any atom is -0.455 e. The molecule has 2 aromatic rings. The van der Waals surface area contributed by atoms with E-state index in [1.54, 1.807) is 6.07 Å². The second kappa shape index (κ2) is 5.79. The van der Waals surface area contributed by atoms with Crippen LogP contribution < -0.4 is 9.88 Å². The molecule has 0 unspecified atom stereocenters. The number of carbonyl (C=O) groups excluding carboxylic acids is 1. The maximum Gasteiger partial charge on any atom is 0.344 e. The molecule has 0 amide bonds. The van der Waals surface area contributed by atoms with Crippen molar-refractivity contribution in [2.75, 3.05) is 0 Å². The van der Waals surface area contributed by atoms with Crippen LogP contribution in [0.1, 0.15) is 27.7 Å². The van der Waals surface area contributed by atoms with Gasteiger partial charge in [0.15, 0.2) is 0 Å². The molecule has 2 N–H and O–H groups in total. The lowest BCUT2D eigenvalue weighted by Crippen LogP contribution is -2.27. The lowest BCUT2D eigenvalue weighted by Gasteiger charge is -2.14. The number of nitriles is 1. The van der Waals surface area contributed by atoms with Gasteiger partial charge in [-0.2, -0.15) is 14.0 Å². The molecule has 1 aromatic carbocycles. The lowest BCUT2D eigenvalue weighted by atomic mass is 10.1. The number of primary sulfonamides is 1. The van der Waals surface area contributed by atoms with Crippen LogP contribution >= 0.6 is 0 Å². The molecule has 1 aliphatic rings. The highest BCUT2D eigenvalue weighted by molar-refractivity contribution is 7.89. The Hall–Kier alpha value is -2.97. The highest BCUT2D eigenvalue weighted by atomic mass is 32.2. The van der Waals surface area contributed by atoms with E-state index in [-0.39, 0.29) is 11.3 Å². The summed E-state index contributed by atoms with van der Waals surface area (Å²) in [5.41, 5.74) is -1.89. The number of ketones is 1. The van der Waals surface area contributed by atoms with E-state index < -0.39 is 49.7 Å². The topological polar surface area (TPSA) is 123 Å². The number of carbonyl (C=O) groups is 1. The van der Waals surface area contributed by atoms with Crippen LogP contribution in [0.3, 0.4) is 0 Å². The second-order valence-corrected chi connectivity index (χ2v) is 6.86. The van der Waals surface area contributed by atoms with Gasteiger partial charge in [-0.1, -0.05) is 0 Å². The number of pyridine rings is 1. The van der Waals surface area contributed by atoms with Crippen LogP contribution in [0.25, 0.3) is 0 Å². The van der Waals surface area contributed by atoms with E-state index in [0.717, 1.165) is 18.3 Å². The Balaban J connectivity index is 2.21. The van der Waals surface area contributed by atoms with Crippen molar-refractivity contribution in [2.45, 2.75) is 17.0 Å². The number of halogens is 3. The molecule has 26 heavy (non-hydrogen) atoms. The van der Waals surface area contributed by atoms with Crippen LogP contribution in [0.2, 0.25) is 0 Å². The minimum absolute atomic E-state index is 0.0820. The molecular weight excluding hydrogens is 375 g/mol. The number of fused-ring (bicyclic) bond motifs is 1. The van der Waals surface area contributed by atoms with E-state index in [1.165, 1.54) is 12.3 Å². The summed E-state index contributed by atoms with van der Waals surface area (Å²) < 4.78 is 70.4. The van der Waals surface area contributed by atoms with Gasteiger partial charge in [0.2, 0.25) is 22.0 Å². The number of aromatic nitrogens is 1. The Morgan fingerprint density at radius 1 is 1.31 bits per heavy atom. The van der Waals surface area contributed by atoms with Crippen LogP contribution in [0.5, 0.6) is 11.5 Å². The Morgan fingerprint density at radius 3 is 2.62 bits per heavy atom. The summed E-state index contributed by atoms with van der Waals surface area (Å²) in [5.74, 6) is -7.07. The zero-order chi connectivity index (χ0) is 19.3. The molecule has 1 atom stereocenters. The number of Topliss-reactive ketones (excluding diaryl/α,β-unsaturated/α-hetero) is 1. The molecule has 0 spiro atoms. The van der Waals surface area contributed by atoms with Crippen LogP contribution in [-0.4, -0.2) is 25.1 Å². The minimum atomic E-state index is -4.57. The summed E-state index contributed by atoms with van der Waals surface area (Å²) in [4.78, 5) is 14.7. The number of nitrogens with two attached hydrogens (primary N) is 1. The summed E-state index contributed by atoms with van der Waals surface area (Å²) in [6.07, 6.45) is -0.784. The predicted octanol–water partition coefficient (Wildman–Crippen LogP) is 2.24. The average molecular weight is 383 g/mol. The van der Waals surface area contributed by atoms with Crippen LogP contribution in [0.15, 0.2) is 35.5 Å². The molecule has 0 saturated heterocycles. The van der Waals surface area contributed by atoms with Crippen molar-refractivity contribution in [1.29, 1.82) is 5.26 Å². The predicted molar refractivity (Wildman–Crippen MR) is 80.0 cm³/mol. The normalized spacial score (nSPS) is 18.3. The number of sulfonamides is 1. The Bertz CT molecular complexity index is 1080. The summed E-state index contributed by atoms with van der Waals surface area (Å²) in [5, 5.41) is 13.8. The van der Waals surface area contributed by atoms with Gasteiger partial charge in [-0.25, -0.2) is 17.9 Å². The fourth-order valence-electron chi connectivity index (χ4n) is 2.52. The summed E-state index contributed by atoms with van der Waals surface area (Å²) >= 11 is 0. The van der Waals surface area contributed by atoms with E-state index in [9.17, 15) is 26.4 Å². The van der Waals surface area contributed by atoms with Crippen LogP contribution in [0.4, 0.5) is 13.2 Å². The number of hydrogen-bond donors (Lipinski definition) is 1. The van der Waals surface area contributed by atoms with Gasteiger partial charge in [-0.05, 0) is 12.1 Å². The zero-order valence-electron chi connectivity index (χ0n) is 12.6. The summed E-state index contributed by atoms with van der Waals surface area (Å²) in [6.45, 7) is 0. The van der Waals surface area contributed by atoms with Gasteiger partial charge in [0.1, 0.15) is 17.6 Å². The monoisotopic (exact) mass is 383 g/mol. The van der Waals surface area contributed by atoms with Gasteiger partial charge in [-0.15, -0.1) is 0 Å². The first kappa shape index (κ1) is 17.8. The molecule has 3 rings (SSSR count). The largest absolute Gasteiger partial charge is 0.455 e. The third kappa shape index (κ3) is 2.69. The van der Waals surface area contributed by atoms with Crippen molar-refractivity contribution in [3.05, 3.63) is 47.3 Å². The quantitative estimate of drug-likeness (QED) is 0.867. The van der Waals surface area contributed by atoms with Gasteiger partial charge in [0.25, 0.3) is 0 Å². The Morgan fingerprint density at radius 2 is 2.00 bits per heavy atom. The van der Waals surface area contributed by atoms with E-state index in [0.29, 0.717) is 0 Å². The first-order valence-corrected chi connectivity index (χ1v) is 8.41. The molecular formula is C15H8F3N3O4S. The van der Waals surface area contributed by atoms with Crippen molar-refractivity contribution >= 4 is 15.8 Å². The van der Waals surface area contributed by atoms with E-state index >= 15 is 0 Å². The molecule has 7 nitrogen and oxygen atoms in total. The molecule has 0 aliphatic heterocycles. The molecule has 1 heterocycles. The van der Waals surface area contributed by atoms with Crippen molar-refractivity contribution < 1.29 is 31.1 Å². The lowest BCUT2D eigenvalue weighted by molar-refractivity contribution is -0.0368. The van der Waals surface area contributed by atoms with Crippen molar-refractivity contribution in [2.24, 2.45) is 5.14 Å². The highest BCUT2D eigenvalue weighted by Crippen LogP contribution is 2.51. The first-order valence-electron chi connectivity index (χ1n) is 6.86. The van der Waals surface area contributed by atoms with Crippen molar-refractivity contribution in [1.82, 2.24) is 4.98 Å². The molecule has 134 valence electrons. The fourth-order valence-corrected chi connectivity index (χ4v) is 3.26. The second-order valence-electron chi connectivity index (χ2n) is 5.33. The highest BCUT2D eigenvalue weighted by Gasteiger charge is 2.59. The maximum absolute atomic E-state index is 14.3. The average Bonchev–Trinajstić information content (AvgIpc) is 2.75. The van der Waals surface area contributed by atoms with E-state index in [4.69, 9.17) is 15.1 Å². The summed E-state index contributed by atoms with van der Waals surface area (Å²) in [7, 11) is -4.57. The number of nitrogens with zero attached hydrogens (tertiary/aromatic N) is 2. The third-order valence-electron chi connectivity index (χ3n) is 3.65. The molecule has 0 bridgehead atoms. The van der Waals surface area contributed by atoms with Crippen LogP contribution in [0, 0.1) is 11.3 Å². The number of benzene rings is 1. The number of ether oxygens (including phenoxy) is 1. The van der Waals surface area contributed by atoms with E-state index in [1.807, 2.05) is 0 Å². The van der Waals surface area contributed by atoms with Crippen molar-refractivity contribution in [3.8, 4) is 17.6 Å². The molecule has 1 aromatic heterocycles. The first-order chi connectivity index (χ1) is 12.1. The number of hydrogen-bond acceptors (Lipinski definition) is 6. The smallest absolute Gasteiger partial charge is 0.344 e. The number of rotatable bonds is 3. The SMILES string of the molecule is N#Cc1cncc(Oc2ccc(S(N)(=O)=O)c3c2[C@@H](F)C(F)(F)C3=O)c1. The van der Waals surface area contributed by atoms with Gasteiger partial charge in [-0.3, -0.25) is 9.78 Å². The van der Waals surface area contributed by atoms with Gasteiger partial charge in [0.05, 0.1) is 22.2 Å². The molecule has 0 fully saturated rings. The number of alkyl halides is 3. The maximum atomic E-state index is 14.3.